The van der Waals surface area contributed by atoms with Crippen LogP contribution in [-0.4, -0.2) is 4.98 Å². The van der Waals surface area contributed by atoms with E-state index in [1.165, 1.54) is 91.7 Å². The first-order valence-corrected chi connectivity index (χ1v) is 13.4. The Hall–Kier alpha value is -4.23. The second-order valence-electron chi connectivity index (χ2n) is 10.7. The summed E-state index contributed by atoms with van der Waals surface area (Å²) in [7, 11) is 0. The maximum Gasteiger partial charge on any atom is 0.0353 e. The SMILES string of the molecule is c1ccc(-c2c3ccccc3c(-c3ccc4c(c3)C3(CCCC3)c3ccccc3-4)c3cnccc23)cc1. The van der Waals surface area contributed by atoms with Crippen molar-refractivity contribution in [2.24, 2.45) is 0 Å². The molecular formula is C36H27N. The van der Waals surface area contributed by atoms with Gasteiger partial charge in [0.15, 0.2) is 0 Å². The molecular weight excluding hydrogens is 446 g/mol. The molecule has 176 valence electrons. The molecule has 0 bridgehead atoms. The van der Waals surface area contributed by atoms with E-state index in [4.69, 9.17) is 0 Å². The second kappa shape index (κ2) is 7.88. The number of hydrogen-bond donors (Lipinski definition) is 0. The Morgan fingerprint density at radius 3 is 1.97 bits per heavy atom. The van der Waals surface area contributed by atoms with E-state index in [-0.39, 0.29) is 5.41 Å². The molecule has 6 aromatic rings. The molecule has 2 aliphatic rings. The molecule has 5 aromatic carbocycles. The summed E-state index contributed by atoms with van der Waals surface area (Å²) in [6, 6.07) is 38.3. The van der Waals surface area contributed by atoms with Gasteiger partial charge in [0, 0.05) is 23.2 Å². The minimum Gasteiger partial charge on any atom is -0.264 e. The normalized spacial score (nSPS) is 15.4. The lowest BCUT2D eigenvalue weighted by molar-refractivity contribution is 0.550. The van der Waals surface area contributed by atoms with Crippen molar-refractivity contribution in [1.82, 2.24) is 4.98 Å². The topological polar surface area (TPSA) is 12.9 Å². The van der Waals surface area contributed by atoms with E-state index in [2.05, 4.69) is 114 Å². The van der Waals surface area contributed by atoms with Gasteiger partial charge in [0.05, 0.1) is 0 Å². The fourth-order valence-corrected chi connectivity index (χ4v) is 7.38. The van der Waals surface area contributed by atoms with Crippen LogP contribution < -0.4 is 0 Å². The first-order valence-electron chi connectivity index (χ1n) is 13.4. The van der Waals surface area contributed by atoms with Crippen LogP contribution in [0.15, 0.2) is 116 Å². The Kier molecular flexibility index (Phi) is 4.46. The minimum atomic E-state index is 0.162. The minimum absolute atomic E-state index is 0.162. The summed E-state index contributed by atoms with van der Waals surface area (Å²) in [6.07, 6.45) is 9.10. The summed E-state index contributed by atoms with van der Waals surface area (Å²) in [4.78, 5) is 4.62. The van der Waals surface area contributed by atoms with Crippen molar-refractivity contribution < 1.29 is 0 Å². The predicted octanol–water partition coefficient (Wildman–Crippen LogP) is 9.56. The van der Waals surface area contributed by atoms with Crippen LogP contribution >= 0.6 is 0 Å². The lowest BCUT2D eigenvalue weighted by Crippen LogP contribution is -2.20. The van der Waals surface area contributed by atoms with E-state index in [0.717, 1.165) is 0 Å². The van der Waals surface area contributed by atoms with Gasteiger partial charge in [-0.25, -0.2) is 0 Å². The highest BCUT2D eigenvalue weighted by atomic mass is 14.6. The van der Waals surface area contributed by atoms with E-state index in [1.54, 1.807) is 0 Å². The molecule has 1 heterocycles. The van der Waals surface area contributed by atoms with E-state index in [1.807, 2.05) is 6.20 Å². The van der Waals surface area contributed by atoms with Gasteiger partial charge in [-0.3, -0.25) is 4.98 Å². The summed E-state index contributed by atoms with van der Waals surface area (Å²) >= 11 is 0. The third kappa shape index (κ3) is 2.89. The largest absolute Gasteiger partial charge is 0.264 e. The first-order chi connectivity index (χ1) is 18.4. The van der Waals surface area contributed by atoms with E-state index >= 15 is 0 Å². The van der Waals surface area contributed by atoms with Gasteiger partial charge in [0.25, 0.3) is 0 Å². The summed E-state index contributed by atoms with van der Waals surface area (Å²) in [5.74, 6) is 0. The molecule has 2 aliphatic carbocycles. The van der Waals surface area contributed by atoms with Crippen molar-refractivity contribution >= 4 is 21.5 Å². The summed E-state index contributed by atoms with van der Waals surface area (Å²) < 4.78 is 0. The fraction of sp³-hybridized carbons (Fsp3) is 0.139. The highest BCUT2D eigenvalue weighted by Gasteiger charge is 2.44. The monoisotopic (exact) mass is 473 g/mol. The number of aromatic nitrogens is 1. The highest BCUT2D eigenvalue weighted by molar-refractivity contribution is 6.21. The van der Waals surface area contributed by atoms with Crippen molar-refractivity contribution in [1.29, 1.82) is 0 Å². The maximum atomic E-state index is 4.62. The predicted molar refractivity (Wildman–Crippen MR) is 155 cm³/mol. The fourth-order valence-electron chi connectivity index (χ4n) is 7.38. The number of fused-ring (bicyclic) bond motifs is 7. The summed E-state index contributed by atoms with van der Waals surface area (Å²) in [6.45, 7) is 0. The summed E-state index contributed by atoms with van der Waals surface area (Å²) in [5, 5.41) is 5.06. The molecule has 0 aliphatic heterocycles. The molecule has 1 aromatic heterocycles. The van der Waals surface area contributed by atoms with Gasteiger partial charge in [-0.2, -0.15) is 0 Å². The zero-order chi connectivity index (χ0) is 24.4. The Morgan fingerprint density at radius 1 is 0.514 bits per heavy atom. The third-order valence-corrected chi connectivity index (χ3v) is 8.90. The van der Waals surface area contributed by atoms with Gasteiger partial charge in [0.2, 0.25) is 0 Å². The Labute approximate surface area is 217 Å². The van der Waals surface area contributed by atoms with Crippen LogP contribution in [0.1, 0.15) is 36.8 Å². The lowest BCUT2D eigenvalue weighted by Gasteiger charge is -2.27. The van der Waals surface area contributed by atoms with Crippen LogP contribution in [0.3, 0.4) is 0 Å². The number of nitrogens with zero attached hydrogens (tertiary/aromatic N) is 1. The molecule has 37 heavy (non-hydrogen) atoms. The molecule has 8 rings (SSSR count). The Bertz CT molecular complexity index is 1770. The molecule has 0 amide bonds. The summed E-state index contributed by atoms with van der Waals surface area (Å²) in [5.41, 5.74) is 11.2. The highest BCUT2D eigenvalue weighted by Crippen LogP contribution is 2.57. The molecule has 1 nitrogen and oxygen atoms in total. The molecule has 1 saturated carbocycles. The van der Waals surface area contributed by atoms with Crippen LogP contribution in [0.25, 0.3) is 54.9 Å². The first kappa shape index (κ1) is 20.9. The lowest BCUT2D eigenvalue weighted by atomic mass is 9.76. The molecule has 0 atom stereocenters. The maximum absolute atomic E-state index is 4.62. The van der Waals surface area contributed by atoms with E-state index in [9.17, 15) is 0 Å². The van der Waals surface area contributed by atoms with Crippen molar-refractivity contribution in [3.05, 3.63) is 127 Å². The van der Waals surface area contributed by atoms with Crippen molar-refractivity contribution in [2.45, 2.75) is 31.1 Å². The Morgan fingerprint density at radius 2 is 1.16 bits per heavy atom. The standard InChI is InChI=1S/C36H27N/c1-2-10-24(11-3-1)34-28-13-4-5-14-29(28)35(31-23-37-21-18-30(31)34)25-16-17-27-26-12-6-7-15-32(26)36(33(27)22-25)19-8-9-20-36/h1-7,10-18,21-23H,8-9,19-20H2. The smallest absolute Gasteiger partial charge is 0.0353 e. The van der Waals surface area contributed by atoms with Crippen molar-refractivity contribution in [2.75, 3.05) is 0 Å². The zero-order valence-corrected chi connectivity index (χ0v) is 20.7. The van der Waals surface area contributed by atoms with Crippen LogP contribution in [0, 0.1) is 0 Å². The van der Waals surface area contributed by atoms with E-state index < -0.39 is 0 Å². The van der Waals surface area contributed by atoms with Crippen molar-refractivity contribution in [3.8, 4) is 33.4 Å². The molecule has 1 spiro atoms. The van der Waals surface area contributed by atoms with Crippen LogP contribution in [0.2, 0.25) is 0 Å². The average molecular weight is 474 g/mol. The number of benzene rings is 5. The van der Waals surface area contributed by atoms with E-state index in [0.29, 0.717) is 0 Å². The quantitative estimate of drug-likeness (QED) is 0.228. The van der Waals surface area contributed by atoms with Gasteiger partial charge in [0.1, 0.15) is 0 Å². The van der Waals surface area contributed by atoms with Gasteiger partial charge < -0.3 is 0 Å². The molecule has 1 heteroatoms. The molecule has 0 radical (unpaired) electrons. The zero-order valence-electron chi connectivity index (χ0n) is 20.7. The molecule has 0 N–H and O–H groups in total. The third-order valence-electron chi connectivity index (χ3n) is 8.90. The number of hydrogen-bond acceptors (Lipinski definition) is 1. The van der Waals surface area contributed by atoms with Crippen LogP contribution in [0.4, 0.5) is 0 Å². The van der Waals surface area contributed by atoms with Gasteiger partial charge in [-0.1, -0.05) is 104 Å². The second-order valence-corrected chi connectivity index (χ2v) is 10.7. The van der Waals surface area contributed by atoms with Gasteiger partial charge in [-0.15, -0.1) is 0 Å². The molecule has 1 fully saturated rings. The Balaban J connectivity index is 1.45. The van der Waals surface area contributed by atoms with Gasteiger partial charge >= 0.3 is 0 Å². The average Bonchev–Trinajstić information content (AvgIpc) is 3.56. The molecule has 0 unspecified atom stereocenters. The molecule has 0 saturated heterocycles. The van der Waals surface area contributed by atoms with Crippen LogP contribution in [-0.2, 0) is 5.41 Å². The number of rotatable bonds is 2. The van der Waals surface area contributed by atoms with Gasteiger partial charge in [-0.05, 0) is 85.6 Å². The van der Waals surface area contributed by atoms with Crippen molar-refractivity contribution in [3.63, 3.8) is 0 Å². The number of pyridine rings is 1. The van der Waals surface area contributed by atoms with Crippen LogP contribution in [0.5, 0.6) is 0 Å².